The van der Waals surface area contributed by atoms with Crippen LogP contribution in [0.2, 0.25) is 0 Å². The first-order valence-electron chi connectivity index (χ1n) is 9.93. The second-order valence-corrected chi connectivity index (χ2v) is 8.59. The van der Waals surface area contributed by atoms with E-state index in [2.05, 4.69) is 51.7 Å². The lowest BCUT2D eigenvalue weighted by Crippen LogP contribution is -2.40. The van der Waals surface area contributed by atoms with Crippen molar-refractivity contribution in [2.45, 2.75) is 30.7 Å². The molecule has 0 spiro atoms. The maximum Gasteiger partial charge on any atom is 0.191 e. The molecular weight excluding hydrogens is 495 g/mol. The second-order valence-electron chi connectivity index (χ2n) is 7.02. The summed E-state index contributed by atoms with van der Waals surface area (Å²) < 4.78 is 12.3. The molecule has 2 aromatic rings. The summed E-state index contributed by atoms with van der Waals surface area (Å²) in [7, 11) is 0.755. The fraction of sp³-hybridized carbons (Fsp3) is 0.409. The zero-order valence-electron chi connectivity index (χ0n) is 17.1. The molecule has 2 unspecified atom stereocenters. The Morgan fingerprint density at radius 2 is 1.86 bits per heavy atom. The number of hydrogen-bond donors (Lipinski definition) is 2. The molecule has 1 heterocycles. The number of benzene rings is 2. The summed E-state index contributed by atoms with van der Waals surface area (Å²) in [5, 5.41) is 6.71. The van der Waals surface area contributed by atoms with Gasteiger partial charge in [-0.3, -0.25) is 9.20 Å². The average Bonchev–Trinajstić information content (AvgIpc) is 3.28. The van der Waals surface area contributed by atoms with E-state index in [0.717, 1.165) is 23.9 Å². The van der Waals surface area contributed by atoms with E-state index >= 15 is 0 Å². The van der Waals surface area contributed by atoms with Gasteiger partial charge in [-0.05, 0) is 49.6 Å². The Hall–Kier alpha value is -1.61. The van der Waals surface area contributed by atoms with Gasteiger partial charge in [0.25, 0.3) is 0 Å². The van der Waals surface area contributed by atoms with Crippen molar-refractivity contribution in [2.75, 3.05) is 37.3 Å². The van der Waals surface area contributed by atoms with Crippen molar-refractivity contribution in [3.63, 3.8) is 0 Å². The minimum absolute atomic E-state index is 0. The standard InChI is InChI=1S/C22H30N4OS.HI/c1-18(19-9-8-10-20(17-19)26-14-6-7-15-26)25-22(23-2)24-13-16-28(27)21-11-4-3-5-12-21;/h3-5,8-12,17-18H,6-7,13-16H2,1-2H3,(H2,23,24,25);1H. The van der Waals surface area contributed by atoms with Crippen LogP contribution in [0, 0.1) is 0 Å². The van der Waals surface area contributed by atoms with E-state index in [1.165, 1.54) is 24.1 Å². The lowest BCUT2D eigenvalue weighted by Gasteiger charge is -2.22. The molecule has 1 saturated heterocycles. The normalized spacial score (nSPS) is 16.1. The predicted octanol–water partition coefficient (Wildman–Crippen LogP) is 3.94. The van der Waals surface area contributed by atoms with Gasteiger partial charge in [0.2, 0.25) is 0 Å². The summed E-state index contributed by atoms with van der Waals surface area (Å²) in [4.78, 5) is 7.62. The first-order chi connectivity index (χ1) is 13.7. The van der Waals surface area contributed by atoms with E-state index in [-0.39, 0.29) is 30.0 Å². The molecule has 0 saturated carbocycles. The SMILES string of the molecule is CN=C(NCCS(=O)c1ccccc1)NC(C)c1cccc(N2CCCC2)c1.I. The minimum atomic E-state index is -1.01. The first kappa shape index (κ1) is 23.7. The largest absolute Gasteiger partial charge is 0.372 e. The average molecular weight is 526 g/mol. The lowest BCUT2D eigenvalue weighted by atomic mass is 10.1. The van der Waals surface area contributed by atoms with Crippen LogP contribution in [0.15, 0.2) is 64.5 Å². The van der Waals surface area contributed by atoms with E-state index in [4.69, 9.17) is 0 Å². The predicted molar refractivity (Wildman–Crippen MR) is 134 cm³/mol. The van der Waals surface area contributed by atoms with Gasteiger partial charge in [0.1, 0.15) is 0 Å². The zero-order valence-corrected chi connectivity index (χ0v) is 20.3. The van der Waals surface area contributed by atoms with Crippen LogP contribution in [0.4, 0.5) is 5.69 Å². The maximum atomic E-state index is 12.3. The molecule has 0 amide bonds. The highest BCUT2D eigenvalue weighted by molar-refractivity contribution is 14.0. The first-order valence-corrected chi connectivity index (χ1v) is 11.2. The molecule has 5 nitrogen and oxygen atoms in total. The fourth-order valence-electron chi connectivity index (χ4n) is 3.40. The number of halogens is 1. The summed E-state index contributed by atoms with van der Waals surface area (Å²) >= 11 is 0. The van der Waals surface area contributed by atoms with Crippen molar-refractivity contribution in [3.05, 3.63) is 60.2 Å². The number of aliphatic imine (C=N–C) groups is 1. The van der Waals surface area contributed by atoms with Gasteiger partial charge in [-0.2, -0.15) is 0 Å². The smallest absolute Gasteiger partial charge is 0.191 e. The molecule has 2 aromatic carbocycles. The molecule has 0 radical (unpaired) electrons. The molecule has 1 aliphatic heterocycles. The van der Waals surface area contributed by atoms with Crippen LogP contribution < -0.4 is 15.5 Å². The van der Waals surface area contributed by atoms with Crippen molar-refractivity contribution in [2.24, 2.45) is 4.99 Å². The highest BCUT2D eigenvalue weighted by Crippen LogP contribution is 2.23. The molecule has 1 aliphatic rings. The Morgan fingerprint density at radius 3 is 2.55 bits per heavy atom. The van der Waals surface area contributed by atoms with Gasteiger partial charge in [-0.25, -0.2) is 0 Å². The molecule has 7 heteroatoms. The Kier molecular flexibility index (Phi) is 9.93. The van der Waals surface area contributed by atoms with Crippen LogP contribution in [0.5, 0.6) is 0 Å². The van der Waals surface area contributed by atoms with Gasteiger partial charge in [-0.1, -0.05) is 30.3 Å². The zero-order chi connectivity index (χ0) is 19.8. The summed E-state index contributed by atoms with van der Waals surface area (Å²) in [5.41, 5.74) is 2.53. The Labute approximate surface area is 193 Å². The molecule has 1 fully saturated rings. The molecule has 29 heavy (non-hydrogen) atoms. The number of hydrogen-bond acceptors (Lipinski definition) is 3. The number of guanidine groups is 1. The monoisotopic (exact) mass is 526 g/mol. The van der Waals surface area contributed by atoms with E-state index in [1.54, 1.807) is 7.05 Å². The second kappa shape index (κ2) is 12.2. The summed E-state index contributed by atoms with van der Waals surface area (Å²) in [6.45, 7) is 5.03. The van der Waals surface area contributed by atoms with Crippen LogP contribution in [0.25, 0.3) is 0 Å². The molecule has 158 valence electrons. The number of anilines is 1. The van der Waals surface area contributed by atoms with Crippen molar-refractivity contribution >= 4 is 46.4 Å². The van der Waals surface area contributed by atoms with Crippen LogP contribution >= 0.6 is 24.0 Å². The minimum Gasteiger partial charge on any atom is -0.372 e. The van der Waals surface area contributed by atoms with E-state index in [0.29, 0.717) is 12.3 Å². The molecule has 0 aromatic heterocycles. The van der Waals surface area contributed by atoms with Gasteiger partial charge >= 0.3 is 0 Å². The molecular formula is C22H31IN4OS. The third-order valence-electron chi connectivity index (χ3n) is 5.00. The van der Waals surface area contributed by atoms with Gasteiger partial charge in [0.15, 0.2) is 5.96 Å². The van der Waals surface area contributed by atoms with Gasteiger partial charge < -0.3 is 15.5 Å². The Balaban J connectivity index is 0.00000300. The van der Waals surface area contributed by atoms with Gasteiger partial charge in [-0.15, -0.1) is 24.0 Å². The lowest BCUT2D eigenvalue weighted by molar-refractivity contribution is 0.676. The highest BCUT2D eigenvalue weighted by atomic mass is 127. The molecule has 2 atom stereocenters. The molecule has 0 bridgehead atoms. The third-order valence-corrected chi connectivity index (χ3v) is 6.38. The van der Waals surface area contributed by atoms with Crippen molar-refractivity contribution in [3.8, 4) is 0 Å². The van der Waals surface area contributed by atoms with Crippen molar-refractivity contribution < 1.29 is 4.21 Å². The van der Waals surface area contributed by atoms with E-state index < -0.39 is 10.8 Å². The summed E-state index contributed by atoms with van der Waals surface area (Å²) in [6.07, 6.45) is 2.55. The van der Waals surface area contributed by atoms with Crippen molar-refractivity contribution in [1.29, 1.82) is 0 Å². The number of rotatable bonds is 7. The molecule has 0 aliphatic carbocycles. The van der Waals surface area contributed by atoms with Crippen molar-refractivity contribution in [1.82, 2.24) is 10.6 Å². The third kappa shape index (κ3) is 6.99. The summed E-state index contributed by atoms with van der Waals surface area (Å²) in [5.74, 6) is 1.27. The fourth-order valence-corrected chi connectivity index (χ4v) is 4.39. The van der Waals surface area contributed by atoms with Gasteiger partial charge in [0.05, 0.1) is 16.8 Å². The van der Waals surface area contributed by atoms with Crippen LogP contribution in [0.3, 0.4) is 0 Å². The molecule has 3 rings (SSSR count). The molecule has 2 N–H and O–H groups in total. The number of nitrogens with zero attached hydrogens (tertiary/aromatic N) is 2. The Bertz CT molecular complexity index is 809. The van der Waals surface area contributed by atoms with E-state index in [1.807, 2.05) is 30.3 Å². The van der Waals surface area contributed by atoms with Crippen LogP contribution in [0.1, 0.15) is 31.4 Å². The number of nitrogens with one attached hydrogen (secondary N) is 2. The summed E-state index contributed by atoms with van der Waals surface area (Å²) in [6, 6.07) is 18.4. The Morgan fingerprint density at radius 1 is 1.14 bits per heavy atom. The van der Waals surface area contributed by atoms with Gasteiger partial charge in [0, 0.05) is 43.0 Å². The maximum absolute atomic E-state index is 12.3. The highest BCUT2D eigenvalue weighted by Gasteiger charge is 2.14. The topological polar surface area (TPSA) is 56.7 Å². The van der Waals surface area contributed by atoms with Crippen LogP contribution in [-0.4, -0.2) is 42.6 Å². The quantitative estimate of drug-likeness (QED) is 0.326. The van der Waals surface area contributed by atoms with Crippen LogP contribution in [-0.2, 0) is 10.8 Å². The van der Waals surface area contributed by atoms with E-state index in [9.17, 15) is 4.21 Å².